The molecule has 2 amide bonds. The van der Waals surface area contributed by atoms with Gasteiger partial charge in [-0.15, -0.1) is 0 Å². The maximum Gasteiger partial charge on any atom is 0.240 e. The minimum atomic E-state index is -1.24. The van der Waals surface area contributed by atoms with Crippen molar-refractivity contribution < 1.29 is 19.1 Å². The number of methoxy groups -OCH3 is 1. The molecule has 3 rings (SSSR count). The number of pyridine rings is 1. The maximum atomic E-state index is 12.6. The first kappa shape index (κ1) is 19.3. The first-order valence-corrected chi connectivity index (χ1v) is 8.67. The number of benzene rings is 1. The molecule has 1 fully saturated rings. The molecule has 1 saturated carbocycles. The van der Waals surface area contributed by atoms with Gasteiger partial charge < -0.3 is 20.5 Å². The van der Waals surface area contributed by atoms with Gasteiger partial charge in [0.1, 0.15) is 17.2 Å². The number of hydrogen-bond acceptors (Lipinski definition) is 6. The van der Waals surface area contributed by atoms with Crippen LogP contribution in [0.4, 0.5) is 5.69 Å². The Bertz CT molecular complexity index is 944. The number of aryl methyl sites for hydroxylation is 1. The number of carbonyl (C=O) groups excluding carboxylic acids is 2. The highest BCUT2D eigenvalue weighted by Gasteiger charge is 2.55. The Balaban J connectivity index is 1.70. The van der Waals surface area contributed by atoms with Gasteiger partial charge in [0.15, 0.2) is 0 Å². The van der Waals surface area contributed by atoms with E-state index in [1.54, 1.807) is 30.3 Å². The smallest absolute Gasteiger partial charge is 0.240 e. The molecule has 0 spiro atoms. The largest absolute Gasteiger partial charge is 0.439 e. The van der Waals surface area contributed by atoms with Gasteiger partial charge in [-0.1, -0.05) is 0 Å². The molecule has 3 N–H and O–H groups in total. The Morgan fingerprint density at radius 3 is 2.61 bits per heavy atom. The van der Waals surface area contributed by atoms with Crippen molar-refractivity contribution in [3.05, 3.63) is 47.7 Å². The number of ether oxygens (including phenoxy) is 2. The van der Waals surface area contributed by atoms with E-state index in [-0.39, 0.29) is 18.9 Å². The van der Waals surface area contributed by atoms with Gasteiger partial charge in [-0.05, 0) is 49.6 Å². The van der Waals surface area contributed by atoms with Crippen LogP contribution in [0.3, 0.4) is 0 Å². The van der Waals surface area contributed by atoms with Crippen LogP contribution in [0.25, 0.3) is 0 Å². The second-order valence-corrected chi connectivity index (χ2v) is 6.75. The fraction of sp³-hybridized carbons (Fsp3) is 0.300. The lowest BCUT2D eigenvalue weighted by molar-refractivity contribution is -0.154. The van der Waals surface area contributed by atoms with Gasteiger partial charge in [0.05, 0.1) is 11.7 Å². The summed E-state index contributed by atoms with van der Waals surface area (Å²) in [5.41, 5.74) is 5.96. The summed E-state index contributed by atoms with van der Waals surface area (Å²) in [6, 6.07) is 10.3. The third-order valence-electron chi connectivity index (χ3n) is 4.90. The lowest BCUT2D eigenvalue weighted by Gasteiger charge is -2.42. The fourth-order valence-electron chi connectivity index (χ4n) is 3.09. The third-order valence-corrected chi connectivity index (χ3v) is 4.90. The number of rotatable bonds is 6. The van der Waals surface area contributed by atoms with E-state index in [1.807, 2.05) is 13.0 Å². The van der Waals surface area contributed by atoms with E-state index in [4.69, 9.17) is 20.5 Å². The number of carbonyl (C=O) groups is 2. The lowest BCUT2D eigenvalue weighted by atomic mass is 9.65. The fourth-order valence-corrected chi connectivity index (χ4v) is 3.09. The molecule has 8 heteroatoms. The highest BCUT2D eigenvalue weighted by molar-refractivity contribution is 6.11. The van der Waals surface area contributed by atoms with Crippen LogP contribution in [0.15, 0.2) is 36.5 Å². The normalized spacial score (nSPS) is 20.5. The third kappa shape index (κ3) is 3.66. The van der Waals surface area contributed by atoms with Crippen molar-refractivity contribution in [1.82, 2.24) is 4.98 Å². The Kier molecular flexibility index (Phi) is 5.29. The summed E-state index contributed by atoms with van der Waals surface area (Å²) in [5, 5.41) is 11.6. The van der Waals surface area contributed by atoms with Crippen LogP contribution in [-0.4, -0.2) is 30.0 Å². The summed E-state index contributed by atoms with van der Waals surface area (Å²) in [4.78, 5) is 28.5. The number of nitrogens with zero attached hydrogens (tertiary/aromatic N) is 2. The number of hydrogen-bond donors (Lipinski definition) is 2. The molecule has 0 unspecified atom stereocenters. The predicted molar refractivity (Wildman–Crippen MR) is 100 cm³/mol. The van der Waals surface area contributed by atoms with Crippen molar-refractivity contribution in [2.24, 2.45) is 11.1 Å². The molecular formula is C20H20N4O4. The summed E-state index contributed by atoms with van der Waals surface area (Å²) in [6.45, 7) is 1.82. The lowest BCUT2D eigenvalue weighted by Crippen LogP contribution is -2.57. The van der Waals surface area contributed by atoms with Gasteiger partial charge in [0.2, 0.25) is 17.7 Å². The molecule has 0 saturated heterocycles. The van der Waals surface area contributed by atoms with Crippen LogP contribution in [-0.2, 0) is 14.3 Å². The molecular weight excluding hydrogens is 360 g/mol. The first-order valence-electron chi connectivity index (χ1n) is 8.67. The van der Waals surface area contributed by atoms with E-state index >= 15 is 0 Å². The highest BCUT2D eigenvalue weighted by Crippen LogP contribution is 2.43. The second-order valence-electron chi connectivity index (χ2n) is 6.75. The van der Waals surface area contributed by atoms with Crippen molar-refractivity contribution >= 4 is 17.5 Å². The average Bonchev–Trinajstić information content (AvgIpc) is 2.64. The number of amides is 2. The van der Waals surface area contributed by atoms with Crippen LogP contribution < -0.4 is 15.8 Å². The van der Waals surface area contributed by atoms with Crippen LogP contribution in [0.5, 0.6) is 11.6 Å². The van der Waals surface area contributed by atoms with Gasteiger partial charge in [-0.2, -0.15) is 5.26 Å². The molecule has 144 valence electrons. The topological polar surface area (TPSA) is 127 Å². The minimum absolute atomic E-state index is 0.143. The number of primary amides is 1. The molecule has 1 aromatic heterocycles. The SMILES string of the molecule is COC1CC(C(N)=O)(C(=O)Nc2ccc(Oc3ccc(C#N)cn3)c(C)c2)C1. The van der Waals surface area contributed by atoms with Gasteiger partial charge in [0, 0.05) is 25.1 Å². The van der Waals surface area contributed by atoms with Gasteiger partial charge >= 0.3 is 0 Å². The van der Waals surface area contributed by atoms with Crippen LogP contribution >= 0.6 is 0 Å². The minimum Gasteiger partial charge on any atom is -0.439 e. The molecule has 0 aliphatic heterocycles. The Morgan fingerprint density at radius 1 is 1.32 bits per heavy atom. The van der Waals surface area contributed by atoms with Gasteiger partial charge in [-0.25, -0.2) is 4.98 Å². The number of nitriles is 1. The van der Waals surface area contributed by atoms with E-state index in [0.717, 1.165) is 5.56 Å². The molecule has 0 radical (unpaired) electrons. The average molecular weight is 380 g/mol. The molecule has 8 nitrogen and oxygen atoms in total. The van der Waals surface area contributed by atoms with Crippen molar-refractivity contribution in [2.75, 3.05) is 12.4 Å². The monoisotopic (exact) mass is 380 g/mol. The Hall–Kier alpha value is -3.44. The molecule has 1 aromatic carbocycles. The number of anilines is 1. The van der Waals surface area contributed by atoms with Gasteiger partial charge in [-0.3, -0.25) is 9.59 Å². The number of nitrogens with two attached hydrogens (primary N) is 1. The van der Waals surface area contributed by atoms with Crippen molar-refractivity contribution in [3.8, 4) is 17.7 Å². The quantitative estimate of drug-likeness (QED) is 0.740. The molecule has 0 bridgehead atoms. The number of nitrogens with one attached hydrogen (secondary N) is 1. The standard InChI is InChI=1S/C20H20N4O4/c1-12-7-14(24-19(26)20(18(22)25)8-15(9-20)27-2)4-5-16(12)28-17-6-3-13(10-21)11-23-17/h3-7,11,15H,8-9H2,1-2H3,(H2,22,25)(H,24,26). The Morgan fingerprint density at radius 2 is 2.07 bits per heavy atom. The van der Waals surface area contributed by atoms with E-state index in [1.165, 1.54) is 13.3 Å². The van der Waals surface area contributed by atoms with E-state index < -0.39 is 17.2 Å². The molecule has 0 atom stereocenters. The second kappa shape index (κ2) is 7.66. The zero-order valence-corrected chi connectivity index (χ0v) is 15.6. The van der Waals surface area contributed by atoms with E-state index in [2.05, 4.69) is 10.3 Å². The summed E-state index contributed by atoms with van der Waals surface area (Å²) in [5.74, 6) is -0.174. The van der Waals surface area contributed by atoms with Crippen LogP contribution in [0.2, 0.25) is 0 Å². The van der Waals surface area contributed by atoms with Crippen molar-refractivity contribution in [3.63, 3.8) is 0 Å². The van der Waals surface area contributed by atoms with Crippen molar-refractivity contribution in [1.29, 1.82) is 5.26 Å². The Labute approximate surface area is 162 Å². The predicted octanol–water partition coefficient (Wildman–Crippen LogP) is 2.27. The summed E-state index contributed by atoms with van der Waals surface area (Å²) in [7, 11) is 1.54. The van der Waals surface area contributed by atoms with Crippen LogP contribution in [0.1, 0.15) is 24.0 Å². The summed E-state index contributed by atoms with van der Waals surface area (Å²) < 4.78 is 10.9. The number of aromatic nitrogens is 1. The zero-order valence-electron chi connectivity index (χ0n) is 15.6. The van der Waals surface area contributed by atoms with Crippen molar-refractivity contribution in [2.45, 2.75) is 25.9 Å². The first-order chi connectivity index (χ1) is 13.4. The maximum absolute atomic E-state index is 12.6. The molecule has 2 aromatic rings. The zero-order chi connectivity index (χ0) is 20.3. The summed E-state index contributed by atoms with van der Waals surface area (Å²) in [6.07, 6.45) is 1.83. The highest BCUT2D eigenvalue weighted by atomic mass is 16.5. The van der Waals surface area contributed by atoms with Gasteiger partial charge in [0.25, 0.3) is 0 Å². The molecule has 1 aliphatic carbocycles. The molecule has 1 aliphatic rings. The molecule has 1 heterocycles. The van der Waals surface area contributed by atoms with Crippen LogP contribution in [0, 0.1) is 23.7 Å². The molecule has 28 heavy (non-hydrogen) atoms. The van der Waals surface area contributed by atoms with E-state index in [0.29, 0.717) is 22.9 Å². The van der Waals surface area contributed by atoms with E-state index in [9.17, 15) is 9.59 Å². The summed E-state index contributed by atoms with van der Waals surface area (Å²) >= 11 is 0.